The Morgan fingerprint density at radius 3 is 2.59 bits per heavy atom. The second-order valence-corrected chi connectivity index (χ2v) is 6.87. The molecule has 0 radical (unpaired) electrons. The number of thioether (sulfide) groups is 1. The van der Waals surface area contributed by atoms with Crippen molar-refractivity contribution in [3.63, 3.8) is 0 Å². The summed E-state index contributed by atoms with van der Waals surface area (Å²) in [4.78, 5) is 28.7. The molecule has 0 aromatic heterocycles. The van der Waals surface area contributed by atoms with Crippen molar-refractivity contribution in [2.45, 2.75) is 6.92 Å². The van der Waals surface area contributed by atoms with Crippen molar-refractivity contribution in [3.8, 4) is 11.5 Å². The molecule has 1 aliphatic rings. The molecule has 1 aliphatic heterocycles. The summed E-state index contributed by atoms with van der Waals surface area (Å²) in [7, 11) is 1.54. The zero-order valence-electron chi connectivity index (χ0n) is 14.4. The van der Waals surface area contributed by atoms with E-state index in [0.717, 1.165) is 17.3 Å². The lowest BCUT2D eigenvalue weighted by Gasteiger charge is -2.08. The highest BCUT2D eigenvalue weighted by Crippen LogP contribution is 2.37. The minimum Gasteiger partial charge on any atom is -0.507 e. The number of hydrogen-bond donors (Lipinski definition) is 2. The van der Waals surface area contributed by atoms with E-state index in [9.17, 15) is 25.1 Å². The average molecular weight is 385 g/mol. The molecule has 1 saturated heterocycles. The van der Waals surface area contributed by atoms with Crippen LogP contribution in [0.1, 0.15) is 11.1 Å². The third-order valence-electron chi connectivity index (χ3n) is 3.86. The molecule has 0 aliphatic carbocycles. The van der Waals surface area contributed by atoms with Crippen molar-refractivity contribution in [2.24, 2.45) is 4.99 Å². The lowest BCUT2D eigenvalue weighted by atomic mass is 10.1. The van der Waals surface area contributed by atoms with Crippen LogP contribution in [-0.2, 0) is 4.79 Å². The lowest BCUT2D eigenvalue weighted by Crippen LogP contribution is -2.23. The molecule has 0 spiro atoms. The molecule has 2 aromatic rings. The number of phenolic OH excluding ortho intramolecular Hbond substituents is 2. The quantitative estimate of drug-likeness (QED) is 0.474. The first kappa shape index (κ1) is 18.5. The number of nitro groups is 1. The normalized spacial score (nSPS) is 17.1. The first-order valence-electron chi connectivity index (χ1n) is 7.79. The number of nitrogens with zero attached hydrogens (tertiary/aromatic N) is 3. The first-order chi connectivity index (χ1) is 12.8. The van der Waals surface area contributed by atoms with E-state index in [1.165, 1.54) is 36.2 Å². The van der Waals surface area contributed by atoms with Gasteiger partial charge >= 0.3 is 0 Å². The van der Waals surface area contributed by atoms with Gasteiger partial charge in [-0.05, 0) is 48.5 Å². The molecule has 0 bridgehead atoms. The summed E-state index contributed by atoms with van der Waals surface area (Å²) in [6.45, 7) is 1.84. The first-order valence-corrected chi connectivity index (χ1v) is 8.61. The number of amidine groups is 1. The van der Waals surface area contributed by atoms with Gasteiger partial charge in [-0.3, -0.25) is 19.8 Å². The smallest absolute Gasteiger partial charge is 0.270 e. The van der Waals surface area contributed by atoms with Crippen molar-refractivity contribution in [1.82, 2.24) is 4.90 Å². The zero-order chi connectivity index (χ0) is 19.7. The highest BCUT2D eigenvalue weighted by Gasteiger charge is 2.31. The summed E-state index contributed by atoms with van der Waals surface area (Å²) in [5.74, 6) is -0.542. The number of benzene rings is 2. The molecule has 0 unspecified atom stereocenters. The fourth-order valence-corrected chi connectivity index (χ4v) is 3.37. The molecule has 1 fully saturated rings. The van der Waals surface area contributed by atoms with Gasteiger partial charge in [0.05, 0.1) is 9.83 Å². The van der Waals surface area contributed by atoms with E-state index in [2.05, 4.69) is 4.99 Å². The fourth-order valence-electron chi connectivity index (χ4n) is 2.40. The van der Waals surface area contributed by atoms with Gasteiger partial charge < -0.3 is 10.2 Å². The summed E-state index contributed by atoms with van der Waals surface area (Å²) in [5.41, 5.74) is 1.17. The van der Waals surface area contributed by atoms with Crippen LogP contribution in [-0.4, -0.2) is 38.2 Å². The number of non-ortho nitro benzene ring substituents is 1. The topological polar surface area (TPSA) is 116 Å². The molecule has 0 saturated carbocycles. The maximum absolute atomic E-state index is 12.5. The van der Waals surface area contributed by atoms with Gasteiger partial charge in [-0.25, -0.2) is 4.99 Å². The van der Waals surface area contributed by atoms with Gasteiger partial charge in [0.15, 0.2) is 5.17 Å². The van der Waals surface area contributed by atoms with Gasteiger partial charge in [0.25, 0.3) is 11.6 Å². The number of likely N-dealkylation sites (N-methyl/N-ethyl adjacent to an activating group) is 1. The molecule has 2 aromatic carbocycles. The molecule has 138 valence electrons. The van der Waals surface area contributed by atoms with Gasteiger partial charge in [0.1, 0.15) is 17.2 Å². The minimum atomic E-state index is -0.579. The Morgan fingerprint density at radius 1 is 1.19 bits per heavy atom. The highest BCUT2D eigenvalue weighted by atomic mass is 32.2. The van der Waals surface area contributed by atoms with Crippen molar-refractivity contribution in [3.05, 3.63) is 62.5 Å². The van der Waals surface area contributed by atoms with Crippen LogP contribution in [0, 0.1) is 17.0 Å². The van der Waals surface area contributed by atoms with Crippen molar-refractivity contribution < 1.29 is 19.9 Å². The van der Waals surface area contributed by atoms with Crippen LogP contribution in [0.5, 0.6) is 11.5 Å². The summed E-state index contributed by atoms with van der Waals surface area (Å²) < 4.78 is 0. The van der Waals surface area contributed by atoms with Crippen LogP contribution in [0.25, 0.3) is 6.08 Å². The number of carbonyl (C=O) groups excluding carboxylic acids is 1. The van der Waals surface area contributed by atoms with E-state index in [0.29, 0.717) is 10.9 Å². The van der Waals surface area contributed by atoms with E-state index >= 15 is 0 Å². The summed E-state index contributed by atoms with van der Waals surface area (Å²) in [5, 5.41) is 31.2. The van der Waals surface area contributed by atoms with Crippen molar-refractivity contribution in [2.75, 3.05) is 7.05 Å². The number of carbonyl (C=O) groups is 1. The lowest BCUT2D eigenvalue weighted by molar-refractivity contribution is -0.384. The molecular weight excluding hydrogens is 370 g/mol. The largest absolute Gasteiger partial charge is 0.507 e. The van der Waals surface area contributed by atoms with Gasteiger partial charge in [-0.15, -0.1) is 0 Å². The zero-order valence-corrected chi connectivity index (χ0v) is 15.2. The van der Waals surface area contributed by atoms with E-state index < -0.39 is 4.92 Å². The summed E-state index contributed by atoms with van der Waals surface area (Å²) >= 11 is 1.05. The van der Waals surface area contributed by atoms with Crippen LogP contribution in [0.4, 0.5) is 11.4 Å². The Balaban J connectivity index is 1.96. The Kier molecular flexibility index (Phi) is 4.87. The van der Waals surface area contributed by atoms with Gasteiger partial charge in [0, 0.05) is 24.7 Å². The molecule has 3 rings (SSSR count). The molecule has 1 amide bonds. The van der Waals surface area contributed by atoms with Gasteiger partial charge in [-0.2, -0.15) is 0 Å². The van der Waals surface area contributed by atoms with Crippen LogP contribution in [0.3, 0.4) is 0 Å². The Bertz CT molecular complexity index is 1020. The van der Waals surface area contributed by atoms with E-state index in [4.69, 9.17) is 0 Å². The maximum Gasteiger partial charge on any atom is 0.270 e. The number of amides is 1. The maximum atomic E-state index is 12.5. The predicted octanol–water partition coefficient (Wildman–Crippen LogP) is 3.55. The average Bonchev–Trinajstić information content (AvgIpc) is 2.87. The standard InChI is InChI=1S/C18H15N3O5S/c1-10-3-5-13(15(23)7-10)19-18-20(2)17(24)16(27-18)9-11-8-12(21(25)26)4-6-14(11)22/h3-9,22-23H,1-2H3/b16-9-,19-18?. The number of nitro benzene ring substituents is 1. The van der Waals surface area contributed by atoms with E-state index in [1.807, 2.05) is 6.92 Å². The van der Waals surface area contributed by atoms with Crippen molar-refractivity contribution >= 4 is 40.3 Å². The van der Waals surface area contributed by atoms with Crippen LogP contribution in [0.15, 0.2) is 46.3 Å². The second kappa shape index (κ2) is 7.12. The highest BCUT2D eigenvalue weighted by molar-refractivity contribution is 8.18. The van der Waals surface area contributed by atoms with Crippen LogP contribution < -0.4 is 0 Å². The molecule has 9 heteroatoms. The number of rotatable bonds is 3. The second-order valence-electron chi connectivity index (χ2n) is 5.86. The number of hydrogen-bond acceptors (Lipinski definition) is 7. The molecule has 8 nitrogen and oxygen atoms in total. The predicted molar refractivity (Wildman–Crippen MR) is 103 cm³/mol. The third kappa shape index (κ3) is 3.77. The molecule has 0 atom stereocenters. The van der Waals surface area contributed by atoms with Gasteiger partial charge in [0.2, 0.25) is 0 Å². The fraction of sp³-hybridized carbons (Fsp3) is 0.111. The number of aromatic hydroxyl groups is 2. The Hall–Kier alpha value is -3.33. The van der Waals surface area contributed by atoms with Gasteiger partial charge in [-0.1, -0.05) is 6.07 Å². The monoisotopic (exact) mass is 385 g/mol. The minimum absolute atomic E-state index is 0.00212. The number of phenols is 2. The SMILES string of the molecule is Cc1ccc(N=C2S/C(=C\c3cc([N+](=O)[O-])ccc3O)C(=O)N2C)c(O)c1. The van der Waals surface area contributed by atoms with Crippen molar-refractivity contribution in [1.29, 1.82) is 0 Å². The third-order valence-corrected chi connectivity index (χ3v) is 4.92. The molecule has 2 N–H and O–H groups in total. The number of aryl methyl sites for hydroxylation is 1. The van der Waals surface area contributed by atoms with Crippen LogP contribution in [0.2, 0.25) is 0 Å². The molecule has 1 heterocycles. The summed E-state index contributed by atoms with van der Waals surface area (Å²) in [6, 6.07) is 8.58. The Morgan fingerprint density at radius 2 is 1.93 bits per heavy atom. The van der Waals surface area contributed by atoms with Crippen LogP contribution >= 0.6 is 11.8 Å². The summed E-state index contributed by atoms with van der Waals surface area (Å²) in [6.07, 6.45) is 1.38. The molecular formula is C18H15N3O5S. The number of aliphatic imine (C=N–C) groups is 1. The van der Waals surface area contributed by atoms with E-state index in [-0.39, 0.29) is 33.6 Å². The molecule has 27 heavy (non-hydrogen) atoms. The van der Waals surface area contributed by atoms with E-state index in [1.54, 1.807) is 18.2 Å². The Labute approximate surface area is 158 Å².